The fourth-order valence-corrected chi connectivity index (χ4v) is 3.69. The highest BCUT2D eigenvalue weighted by Gasteiger charge is 2.24. The molecule has 1 aromatic heterocycles. The van der Waals surface area contributed by atoms with Gasteiger partial charge in [-0.05, 0) is 47.9 Å². The van der Waals surface area contributed by atoms with Gasteiger partial charge >= 0.3 is 11.6 Å². The molecule has 1 heterocycles. The van der Waals surface area contributed by atoms with Crippen molar-refractivity contribution in [2.75, 3.05) is 0 Å². The predicted octanol–water partition coefficient (Wildman–Crippen LogP) is 3.75. The van der Waals surface area contributed by atoms with Crippen LogP contribution in [0.5, 0.6) is 11.5 Å². The summed E-state index contributed by atoms with van der Waals surface area (Å²) in [4.78, 5) is 36.5. The maximum absolute atomic E-state index is 12.7. The Labute approximate surface area is 200 Å². The molecule has 4 rings (SSSR count). The number of nitrogens with one attached hydrogen (secondary N) is 1. The molecular formula is C27H23NO7. The molecule has 2 atom stereocenters. The largest absolute Gasteiger partial charge is 0.508 e. The first kappa shape index (κ1) is 23.6. The van der Waals surface area contributed by atoms with E-state index in [1.807, 2.05) is 30.3 Å². The second kappa shape index (κ2) is 10.1. The van der Waals surface area contributed by atoms with Crippen molar-refractivity contribution in [3.8, 4) is 22.6 Å². The van der Waals surface area contributed by atoms with Crippen LogP contribution < -0.4 is 15.7 Å². The Bertz CT molecular complexity index is 1410. The minimum atomic E-state index is -1.19. The third kappa shape index (κ3) is 5.67. The molecule has 0 bridgehead atoms. The summed E-state index contributed by atoms with van der Waals surface area (Å²) in [6, 6.07) is 20.7. The predicted molar refractivity (Wildman–Crippen MR) is 129 cm³/mol. The Kier molecular flexibility index (Phi) is 6.82. The molecule has 8 heteroatoms. The maximum Gasteiger partial charge on any atom is 0.336 e. The standard InChI is InChI=1S/C27H23NO7/c1-16(26(31)28-23(27(32)33)13-17-7-9-19(29)10-8-17)34-20-11-12-21-22(18-5-3-2-4-6-18)15-25(30)35-24(21)14-20/h2-12,14-16,23,29H,13H2,1H3,(H,28,31)(H,32,33)/t16?,23-/m0/s1. The Balaban J connectivity index is 1.50. The first-order chi connectivity index (χ1) is 16.8. The van der Waals surface area contributed by atoms with Crippen LogP contribution in [0.2, 0.25) is 0 Å². The number of carbonyl (C=O) groups is 2. The number of rotatable bonds is 8. The Morgan fingerprint density at radius 2 is 1.71 bits per heavy atom. The minimum Gasteiger partial charge on any atom is -0.508 e. The Hall–Kier alpha value is -4.59. The van der Waals surface area contributed by atoms with E-state index in [1.165, 1.54) is 31.2 Å². The van der Waals surface area contributed by atoms with Crippen molar-refractivity contribution in [3.63, 3.8) is 0 Å². The summed E-state index contributed by atoms with van der Waals surface area (Å²) < 4.78 is 11.1. The van der Waals surface area contributed by atoms with Crippen LogP contribution in [0.3, 0.4) is 0 Å². The van der Waals surface area contributed by atoms with Gasteiger partial charge in [-0.2, -0.15) is 0 Å². The van der Waals surface area contributed by atoms with E-state index in [0.717, 1.165) is 5.56 Å². The minimum absolute atomic E-state index is 0.0392. The highest BCUT2D eigenvalue weighted by atomic mass is 16.5. The van der Waals surface area contributed by atoms with E-state index in [-0.39, 0.29) is 12.2 Å². The van der Waals surface area contributed by atoms with E-state index in [1.54, 1.807) is 24.3 Å². The summed E-state index contributed by atoms with van der Waals surface area (Å²) in [6.45, 7) is 1.50. The summed E-state index contributed by atoms with van der Waals surface area (Å²) in [5.41, 5.74) is 2.01. The topological polar surface area (TPSA) is 126 Å². The van der Waals surface area contributed by atoms with Crippen LogP contribution in [0.15, 0.2) is 88.1 Å². The van der Waals surface area contributed by atoms with Gasteiger partial charge < -0.3 is 24.7 Å². The van der Waals surface area contributed by atoms with Gasteiger partial charge in [0.15, 0.2) is 6.10 Å². The number of carboxylic acids is 1. The number of hydrogen-bond donors (Lipinski definition) is 3. The second-order valence-corrected chi connectivity index (χ2v) is 8.03. The van der Waals surface area contributed by atoms with E-state index >= 15 is 0 Å². The van der Waals surface area contributed by atoms with Gasteiger partial charge in [0, 0.05) is 23.9 Å². The molecule has 0 saturated heterocycles. The van der Waals surface area contributed by atoms with Gasteiger partial charge in [-0.3, -0.25) is 4.79 Å². The van der Waals surface area contributed by atoms with Crippen molar-refractivity contribution >= 4 is 22.8 Å². The van der Waals surface area contributed by atoms with Crippen LogP contribution in [0.4, 0.5) is 0 Å². The van der Waals surface area contributed by atoms with Gasteiger partial charge in [-0.15, -0.1) is 0 Å². The molecule has 0 fully saturated rings. The highest BCUT2D eigenvalue weighted by Crippen LogP contribution is 2.29. The van der Waals surface area contributed by atoms with Crippen molar-refractivity contribution < 1.29 is 29.0 Å². The second-order valence-electron chi connectivity index (χ2n) is 8.03. The summed E-state index contributed by atoms with van der Waals surface area (Å²) in [5, 5.41) is 22.1. The lowest BCUT2D eigenvalue weighted by molar-refractivity contribution is -0.142. The van der Waals surface area contributed by atoms with Crippen LogP contribution in [0.1, 0.15) is 12.5 Å². The SMILES string of the molecule is CC(Oc1ccc2c(-c3ccccc3)cc(=O)oc2c1)C(=O)N[C@@H](Cc1ccc(O)cc1)C(=O)O. The molecule has 0 saturated carbocycles. The van der Waals surface area contributed by atoms with E-state index in [0.29, 0.717) is 27.8 Å². The molecule has 178 valence electrons. The quantitative estimate of drug-likeness (QED) is 0.333. The van der Waals surface area contributed by atoms with Gasteiger partial charge in [0.25, 0.3) is 5.91 Å². The molecular weight excluding hydrogens is 450 g/mol. The third-order valence-electron chi connectivity index (χ3n) is 5.47. The van der Waals surface area contributed by atoms with Crippen molar-refractivity contribution in [1.29, 1.82) is 0 Å². The molecule has 1 unspecified atom stereocenters. The normalized spacial score (nSPS) is 12.6. The fraction of sp³-hybridized carbons (Fsp3) is 0.148. The van der Waals surface area contributed by atoms with Gasteiger partial charge in [-0.1, -0.05) is 42.5 Å². The van der Waals surface area contributed by atoms with Crippen LogP contribution in [0, 0.1) is 0 Å². The first-order valence-corrected chi connectivity index (χ1v) is 10.9. The number of phenolic OH excluding ortho intramolecular Hbond substituents is 1. The number of carbonyl (C=O) groups excluding carboxylic acids is 1. The number of amides is 1. The van der Waals surface area contributed by atoms with Crippen molar-refractivity contribution in [2.24, 2.45) is 0 Å². The monoisotopic (exact) mass is 473 g/mol. The summed E-state index contributed by atoms with van der Waals surface area (Å²) in [6.07, 6.45) is -0.976. The van der Waals surface area contributed by atoms with Gasteiger partial charge in [-0.25, -0.2) is 9.59 Å². The van der Waals surface area contributed by atoms with Crippen LogP contribution >= 0.6 is 0 Å². The average Bonchev–Trinajstić information content (AvgIpc) is 2.84. The number of aromatic hydroxyl groups is 1. The van der Waals surface area contributed by atoms with Gasteiger partial charge in [0.05, 0.1) is 0 Å². The van der Waals surface area contributed by atoms with Crippen LogP contribution in [-0.2, 0) is 16.0 Å². The average molecular weight is 473 g/mol. The number of fused-ring (bicyclic) bond motifs is 1. The lowest BCUT2D eigenvalue weighted by atomic mass is 10.0. The molecule has 8 nitrogen and oxygen atoms in total. The molecule has 3 N–H and O–H groups in total. The van der Waals surface area contributed by atoms with Crippen molar-refractivity contribution in [1.82, 2.24) is 5.32 Å². The highest BCUT2D eigenvalue weighted by molar-refractivity contribution is 5.94. The summed E-state index contributed by atoms with van der Waals surface area (Å²) in [7, 11) is 0. The Morgan fingerprint density at radius 1 is 1.00 bits per heavy atom. The Morgan fingerprint density at radius 3 is 2.40 bits per heavy atom. The zero-order valence-corrected chi connectivity index (χ0v) is 18.8. The summed E-state index contributed by atoms with van der Waals surface area (Å²) in [5.74, 6) is -1.46. The molecule has 4 aromatic rings. The number of benzene rings is 3. The zero-order chi connectivity index (χ0) is 24.9. The molecule has 0 aliphatic heterocycles. The molecule has 0 radical (unpaired) electrons. The number of hydrogen-bond acceptors (Lipinski definition) is 6. The maximum atomic E-state index is 12.7. The van der Waals surface area contributed by atoms with Crippen LogP contribution in [-0.4, -0.2) is 34.2 Å². The van der Waals surface area contributed by atoms with E-state index in [4.69, 9.17) is 9.15 Å². The summed E-state index contributed by atoms with van der Waals surface area (Å²) >= 11 is 0. The van der Waals surface area contributed by atoms with E-state index < -0.39 is 29.6 Å². The third-order valence-corrected chi connectivity index (χ3v) is 5.47. The van der Waals surface area contributed by atoms with Gasteiger partial charge in [0.2, 0.25) is 0 Å². The van der Waals surface area contributed by atoms with Crippen LogP contribution in [0.25, 0.3) is 22.1 Å². The lowest BCUT2D eigenvalue weighted by Gasteiger charge is -2.19. The number of phenols is 1. The smallest absolute Gasteiger partial charge is 0.336 e. The molecule has 3 aromatic carbocycles. The van der Waals surface area contributed by atoms with E-state index in [9.17, 15) is 24.6 Å². The number of ether oxygens (including phenoxy) is 1. The molecule has 0 aliphatic rings. The zero-order valence-electron chi connectivity index (χ0n) is 18.8. The molecule has 35 heavy (non-hydrogen) atoms. The molecule has 0 spiro atoms. The number of aliphatic carboxylic acids is 1. The first-order valence-electron chi connectivity index (χ1n) is 10.9. The van der Waals surface area contributed by atoms with E-state index in [2.05, 4.69) is 5.32 Å². The molecule has 1 amide bonds. The lowest BCUT2D eigenvalue weighted by Crippen LogP contribution is -2.47. The fourth-order valence-electron chi connectivity index (χ4n) is 3.69. The van der Waals surface area contributed by atoms with Crippen molar-refractivity contribution in [2.45, 2.75) is 25.5 Å². The van der Waals surface area contributed by atoms with Gasteiger partial charge in [0.1, 0.15) is 23.1 Å². The van der Waals surface area contributed by atoms with Crippen molar-refractivity contribution in [3.05, 3.63) is 94.8 Å². The molecule has 0 aliphatic carbocycles. The number of carboxylic acid groups (broad SMARTS) is 1.